The van der Waals surface area contributed by atoms with Crippen molar-refractivity contribution in [2.24, 2.45) is 0 Å². The first-order valence-corrected chi connectivity index (χ1v) is 5.93. The minimum Gasteiger partial charge on any atom is -0.465 e. The topological polar surface area (TPSA) is 61.3 Å². The van der Waals surface area contributed by atoms with Gasteiger partial charge in [-0.25, -0.2) is 9.78 Å². The highest BCUT2D eigenvalue weighted by Gasteiger charge is 2.13. The maximum Gasteiger partial charge on any atom is 0.344 e. The molecule has 0 spiro atoms. The van der Waals surface area contributed by atoms with Crippen molar-refractivity contribution in [3.8, 4) is 5.88 Å². The molecular formula is C12H16N2O3. The SMILES string of the molecule is CCOC(=O)COc1cnc2c(n1)CCCC2. The van der Waals surface area contributed by atoms with Crippen molar-refractivity contribution < 1.29 is 14.3 Å². The summed E-state index contributed by atoms with van der Waals surface area (Å²) in [6.07, 6.45) is 5.82. The van der Waals surface area contributed by atoms with Crippen molar-refractivity contribution in [3.05, 3.63) is 17.6 Å². The van der Waals surface area contributed by atoms with Gasteiger partial charge < -0.3 is 9.47 Å². The van der Waals surface area contributed by atoms with Gasteiger partial charge in [0.15, 0.2) is 6.61 Å². The van der Waals surface area contributed by atoms with Crippen LogP contribution in [0.2, 0.25) is 0 Å². The van der Waals surface area contributed by atoms with Crippen LogP contribution in [0.3, 0.4) is 0 Å². The average Bonchev–Trinajstić information content (AvgIpc) is 2.36. The lowest BCUT2D eigenvalue weighted by Crippen LogP contribution is -2.16. The fraction of sp³-hybridized carbons (Fsp3) is 0.583. The first-order valence-electron chi connectivity index (χ1n) is 5.93. The second kappa shape index (κ2) is 5.61. The highest BCUT2D eigenvalue weighted by Crippen LogP contribution is 2.19. The summed E-state index contributed by atoms with van der Waals surface area (Å²) in [4.78, 5) is 19.8. The molecule has 1 aliphatic carbocycles. The minimum atomic E-state index is -0.382. The third kappa shape index (κ3) is 3.15. The Balaban J connectivity index is 1.95. The van der Waals surface area contributed by atoms with E-state index in [1.54, 1.807) is 13.1 Å². The molecule has 5 nitrogen and oxygen atoms in total. The normalized spacial score (nSPS) is 13.9. The van der Waals surface area contributed by atoms with E-state index in [-0.39, 0.29) is 12.6 Å². The van der Waals surface area contributed by atoms with Crippen molar-refractivity contribution in [3.63, 3.8) is 0 Å². The Morgan fingerprint density at radius 2 is 2.12 bits per heavy atom. The molecule has 0 aromatic carbocycles. The summed E-state index contributed by atoms with van der Waals surface area (Å²) >= 11 is 0. The first-order chi connectivity index (χ1) is 8.29. The highest BCUT2D eigenvalue weighted by atomic mass is 16.6. The lowest BCUT2D eigenvalue weighted by Gasteiger charge is -2.14. The summed E-state index contributed by atoms with van der Waals surface area (Å²) in [6.45, 7) is 2.01. The quantitative estimate of drug-likeness (QED) is 0.737. The van der Waals surface area contributed by atoms with Crippen LogP contribution in [0.25, 0.3) is 0 Å². The van der Waals surface area contributed by atoms with Gasteiger partial charge in [-0.05, 0) is 32.6 Å². The number of fused-ring (bicyclic) bond motifs is 1. The Hall–Kier alpha value is -1.65. The molecule has 0 saturated carbocycles. The number of hydrogen-bond acceptors (Lipinski definition) is 5. The third-order valence-corrected chi connectivity index (χ3v) is 2.63. The van der Waals surface area contributed by atoms with Crippen LogP contribution in [0.5, 0.6) is 5.88 Å². The van der Waals surface area contributed by atoms with Gasteiger partial charge in [-0.1, -0.05) is 0 Å². The summed E-state index contributed by atoms with van der Waals surface area (Å²) in [7, 11) is 0. The Morgan fingerprint density at radius 1 is 1.35 bits per heavy atom. The monoisotopic (exact) mass is 236 g/mol. The summed E-state index contributed by atoms with van der Waals surface area (Å²) < 4.78 is 10.0. The van der Waals surface area contributed by atoms with Gasteiger partial charge in [0, 0.05) is 0 Å². The van der Waals surface area contributed by atoms with Crippen LogP contribution < -0.4 is 4.74 Å². The smallest absolute Gasteiger partial charge is 0.344 e. The number of carbonyl (C=O) groups is 1. The van der Waals surface area contributed by atoms with E-state index in [2.05, 4.69) is 9.97 Å². The summed E-state index contributed by atoms with van der Waals surface area (Å²) in [5.41, 5.74) is 2.05. The summed E-state index contributed by atoms with van der Waals surface area (Å²) in [5, 5.41) is 0. The van der Waals surface area contributed by atoms with Crippen LogP contribution in [0.15, 0.2) is 6.20 Å². The molecule has 92 valence electrons. The molecule has 1 heterocycles. The van der Waals surface area contributed by atoms with Crippen LogP contribution in [0.1, 0.15) is 31.2 Å². The third-order valence-electron chi connectivity index (χ3n) is 2.63. The molecule has 2 rings (SSSR count). The van der Waals surface area contributed by atoms with Gasteiger partial charge in [-0.15, -0.1) is 0 Å². The van der Waals surface area contributed by atoms with Gasteiger partial charge in [0.2, 0.25) is 5.88 Å². The number of aryl methyl sites for hydroxylation is 2. The zero-order chi connectivity index (χ0) is 12.1. The molecule has 0 unspecified atom stereocenters. The summed E-state index contributed by atoms with van der Waals surface area (Å²) in [6, 6.07) is 0. The number of rotatable bonds is 4. The van der Waals surface area contributed by atoms with Crippen molar-refractivity contribution >= 4 is 5.97 Å². The number of esters is 1. The number of hydrogen-bond donors (Lipinski definition) is 0. The molecule has 0 atom stereocenters. The van der Waals surface area contributed by atoms with Crippen molar-refractivity contribution in [2.75, 3.05) is 13.2 Å². The molecule has 5 heteroatoms. The van der Waals surface area contributed by atoms with E-state index in [0.717, 1.165) is 30.7 Å². The van der Waals surface area contributed by atoms with Crippen LogP contribution in [-0.4, -0.2) is 29.2 Å². The van der Waals surface area contributed by atoms with E-state index in [0.29, 0.717) is 12.5 Å². The van der Waals surface area contributed by atoms with Crippen molar-refractivity contribution in [1.29, 1.82) is 0 Å². The van der Waals surface area contributed by atoms with Gasteiger partial charge in [0.05, 0.1) is 24.2 Å². The molecule has 17 heavy (non-hydrogen) atoms. The molecule has 0 bridgehead atoms. The van der Waals surface area contributed by atoms with E-state index in [4.69, 9.17) is 9.47 Å². The maximum absolute atomic E-state index is 11.1. The van der Waals surface area contributed by atoms with Gasteiger partial charge in [0.25, 0.3) is 0 Å². The molecule has 0 amide bonds. The Bertz CT molecular complexity index is 407. The molecule has 1 aromatic rings. The second-order valence-corrected chi connectivity index (χ2v) is 3.90. The minimum absolute atomic E-state index is 0.110. The largest absolute Gasteiger partial charge is 0.465 e. The molecule has 0 saturated heterocycles. The molecule has 1 aromatic heterocycles. The summed E-state index contributed by atoms with van der Waals surface area (Å²) in [5.74, 6) is 0.0192. The fourth-order valence-electron chi connectivity index (χ4n) is 1.83. The fourth-order valence-corrected chi connectivity index (χ4v) is 1.83. The van der Waals surface area contributed by atoms with Crippen molar-refractivity contribution in [1.82, 2.24) is 9.97 Å². The van der Waals surface area contributed by atoms with Crippen LogP contribution in [-0.2, 0) is 22.4 Å². The van der Waals surface area contributed by atoms with E-state index < -0.39 is 0 Å². The zero-order valence-electron chi connectivity index (χ0n) is 9.94. The lowest BCUT2D eigenvalue weighted by atomic mass is 10.0. The van der Waals surface area contributed by atoms with E-state index in [9.17, 15) is 4.79 Å². The number of nitrogens with zero attached hydrogens (tertiary/aromatic N) is 2. The average molecular weight is 236 g/mol. The standard InChI is InChI=1S/C12H16N2O3/c1-2-16-12(15)8-17-11-7-13-9-5-3-4-6-10(9)14-11/h7H,2-6,8H2,1H3. The first kappa shape index (κ1) is 11.8. The number of ether oxygens (including phenoxy) is 2. The van der Waals surface area contributed by atoms with Gasteiger partial charge in [0.1, 0.15) is 0 Å². The molecular weight excluding hydrogens is 220 g/mol. The van der Waals surface area contributed by atoms with E-state index >= 15 is 0 Å². The molecule has 0 aliphatic heterocycles. The lowest BCUT2D eigenvalue weighted by molar-refractivity contribution is -0.145. The van der Waals surface area contributed by atoms with Crippen LogP contribution in [0.4, 0.5) is 0 Å². The maximum atomic E-state index is 11.1. The zero-order valence-corrected chi connectivity index (χ0v) is 9.94. The molecule has 0 fully saturated rings. The Kier molecular flexibility index (Phi) is 3.90. The predicted molar refractivity (Wildman–Crippen MR) is 60.8 cm³/mol. The molecule has 0 radical (unpaired) electrons. The Morgan fingerprint density at radius 3 is 2.88 bits per heavy atom. The van der Waals surface area contributed by atoms with Crippen LogP contribution in [0, 0.1) is 0 Å². The van der Waals surface area contributed by atoms with Gasteiger partial charge >= 0.3 is 5.97 Å². The van der Waals surface area contributed by atoms with Crippen LogP contribution >= 0.6 is 0 Å². The number of carbonyl (C=O) groups excluding carboxylic acids is 1. The molecule has 0 N–H and O–H groups in total. The highest BCUT2D eigenvalue weighted by molar-refractivity contribution is 5.70. The van der Waals surface area contributed by atoms with Gasteiger partial charge in [-0.3, -0.25) is 4.98 Å². The van der Waals surface area contributed by atoms with E-state index in [1.807, 2.05) is 0 Å². The van der Waals surface area contributed by atoms with E-state index in [1.165, 1.54) is 6.42 Å². The Labute approximate surface area is 100 Å². The second-order valence-electron chi connectivity index (χ2n) is 3.90. The molecule has 1 aliphatic rings. The predicted octanol–water partition coefficient (Wildman–Crippen LogP) is 1.30. The number of aromatic nitrogens is 2. The van der Waals surface area contributed by atoms with Crippen molar-refractivity contribution in [2.45, 2.75) is 32.6 Å². The van der Waals surface area contributed by atoms with Gasteiger partial charge in [-0.2, -0.15) is 0 Å².